The molecular weight excluding hydrogens is 334 g/mol. The van der Waals surface area contributed by atoms with Crippen LogP contribution in [-0.2, 0) is 0 Å². The molecule has 7 heteroatoms. The molecule has 0 saturated carbocycles. The second-order valence-electron chi connectivity index (χ2n) is 5.50. The average Bonchev–Trinajstić information content (AvgIpc) is 3.06. The van der Waals surface area contributed by atoms with Gasteiger partial charge in [-0.15, -0.1) is 10.2 Å². The Hall–Kier alpha value is -3.11. The van der Waals surface area contributed by atoms with E-state index in [9.17, 15) is 4.79 Å². The molecule has 0 bridgehead atoms. The molecule has 6 nitrogen and oxygen atoms in total. The van der Waals surface area contributed by atoms with Crippen LogP contribution in [0.1, 0.15) is 6.92 Å². The van der Waals surface area contributed by atoms with Gasteiger partial charge in [-0.25, -0.2) is 4.57 Å². The minimum absolute atomic E-state index is 0.147. The summed E-state index contributed by atoms with van der Waals surface area (Å²) < 4.78 is 3.39. The third-order valence-corrected chi connectivity index (χ3v) is 4.81. The lowest BCUT2D eigenvalue weighted by molar-refractivity contribution is 0.927. The van der Waals surface area contributed by atoms with E-state index in [1.54, 1.807) is 17.6 Å². The van der Waals surface area contributed by atoms with Gasteiger partial charge >= 0.3 is 0 Å². The number of benzene rings is 2. The van der Waals surface area contributed by atoms with E-state index in [1.165, 1.54) is 11.8 Å². The average molecular weight is 347 g/mol. The predicted molar refractivity (Wildman–Crippen MR) is 97.0 cm³/mol. The van der Waals surface area contributed by atoms with Gasteiger partial charge in [0, 0.05) is 0 Å². The number of fused-ring (bicyclic) bond motifs is 3. The fourth-order valence-electron chi connectivity index (χ4n) is 2.75. The van der Waals surface area contributed by atoms with E-state index in [0.29, 0.717) is 16.3 Å². The van der Waals surface area contributed by atoms with Crippen molar-refractivity contribution in [3.63, 3.8) is 0 Å². The van der Waals surface area contributed by atoms with Crippen LogP contribution in [0.25, 0.3) is 22.4 Å². The molecule has 0 N–H and O–H groups in total. The Morgan fingerprint density at radius 1 is 1.08 bits per heavy atom. The van der Waals surface area contributed by atoms with Crippen molar-refractivity contribution in [2.24, 2.45) is 0 Å². The van der Waals surface area contributed by atoms with Crippen LogP contribution in [0.4, 0.5) is 0 Å². The lowest BCUT2D eigenvalue weighted by atomic mass is 10.2. The van der Waals surface area contributed by atoms with Gasteiger partial charge in [0.2, 0.25) is 5.78 Å². The largest absolute Gasteiger partial charge is 0.268 e. The maximum Gasteiger partial charge on any atom is 0.267 e. The van der Waals surface area contributed by atoms with Crippen molar-refractivity contribution in [3.05, 3.63) is 65.0 Å². The minimum atomic E-state index is -0.275. The summed E-state index contributed by atoms with van der Waals surface area (Å²) in [5.74, 6) is 0.433. The second kappa shape index (κ2) is 6.07. The number of nitriles is 1. The molecule has 25 heavy (non-hydrogen) atoms. The SMILES string of the molecule is C[C@H](C#N)Sc1nnc2n(-c3ccccc3)c(=O)c3ccccc3n12. The molecule has 0 aliphatic heterocycles. The highest BCUT2D eigenvalue weighted by atomic mass is 32.2. The van der Waals surface area contributed by atoms with Crippen LogP contribution < -0.4 is 5.56 Å². The summed E-state index contributed by atoms with van der Waals surface area (Å²) in [7, 11) is 0. The molecule has 0 spiro atoms. The third-order valence-electron chi connectivity index (χ3n) is 3.87. The molecule has 0 amide bonds. The molecule has 2 heterocycles. The highest BCUT2D eigenvalue weighted by Crippen LogP contribution is 2.25. The number of thioether (sulfide) groups is 1. The summed E-state index contributed by atoms with van der Waals surface area (Å²) in [5, 5.41) is 18.5. The topological polar surface area (TPSA) is 76.0 Å². The Bertz CT molecular complexity index is 1170. The zero-order valence-corrected chi connectivity index (χ0v) is 14.1. The fourth-order valence-corrected chi connectivity index (χ4v) is 3.49. The molecular formula is C18H13N5OS. The van der Waals surface area contributed by atoms with Crippen molar-refractivity contribution in [1.29, 1.82) is 5.26 Å². The molecule has 0 aliphatic rings. The number of para-hydroxylation sites is 2. The van der Waals surface area contributed by atoms with Crippen molar-refractivity contribution in [2.45, 2.75) is 17.3 Å². The Morgan fingerprint density at radius 3 is 2.56 bits per heavy atom. The molecule has 0 saturated heterocycles. The zero-order chi connectivity index (χ0) is 17.4. The molecule has 4 aromatic rings. The molecule has 0 radical (unpaired) electrons. The molecule has 2 aromatic carbocycles. The van der Waals surface area contributed by atoms with Gasteiger partial charge in [-0.2, -0.15) is 5.26 Å². The Balaban J connectivity index is 2.14. The van der Waals surface area contributed by atoms with Crippen LogP contribution in [0.2, 0.25) is 0 Å². The normalized spacial score (nSPS) is 12.3. The minimum Gasteiger partial charge on any atom is -0.268 e. The highest BCUT2D eigenvalue weighted by molar-refractivity contribution is 8.00. The van der Waals surface area contributed by atoms with Crippen molar-refractivity contribution in [3.8, 4) is 11.8 Å². The van der Waals surface area contributed by atoms with Gasteiger partial charge in [0.25, 0.3) is 5.56 Å². The van der Waals surface area contributed by atoms with E-state index in [2.05, 4.69) is 16.3 Å². The van der Waals surface area contributed by atoms with Crippen molar-refractivity contribution < 1.29 is 0 Å². The van der Waals surface area contributed by atoms with Gasteiger partial charge in [0.05, 0.1) is 27.9 Å². The predicted octanol–water partition coefficient (Wildman–Crippen LogP) is 3.04. The summed E-state index contributed by atoms with van der Waals surface area (Å²) in [6, 6.07) is 18.9. The van der Waals surface area contributed by atoms with E-state index in [1.807, 2.05) is 52.9 Å². The standard InChI is InChI=1S/C18H13N5OS/c1-12(11-19)25-18-21-20-17-22(13-7-3-2-4-8-13)16(24)14-9-5-6-10-15(14)23(17)18/h2-10,12H,1H3/t12-/m1/s1. The molecule has 0 fully saturated rings. The van der Waals surface area contributed by atoms with Crippen LogP contribution in [-0.4, -0.2) is 24.4 Å². The molecule has 0 aliphatic carbocycles. The Morgan fingerprint density at radius 2 is 1.80 bits per heavy atom. The van der Waals surface area contributed by atoms with Crippen LogP contribution >= 0.6 is 11.8 Å². The smallest absolute Gasteiger partial charge is 0.267 e. The van der Waals surface area contributed by atoms with E-state index in [-0.39, 0.29) is 10.8 Å². The summed E-state index contributed by atoms with van der Waals surface area (Å²) >= 11 is 1.32. The second-order valence-corrected chi connectivity index (χ2v) is 6.81. The number of hydrogen-bond donors (Lipinski definition) is 0. The Kier molecular flexibility index (Phi) is 3.75. The molecule has 0 unspecified atom stereocenters. The number of hydrogen-bond acceptors (Lipinski definition) is 5. The van der Waals surface area contributed by atoms with E-state index in [0.717, 1.165) is 11.2 Å². The van der Waals surface area contributed by atoms with Crippen molar-refractivity contribution >= 4 is 28.4 Å². The summed E-state index contributed by atoms with van der Waals surface area (Å²) in [5.41, 5.74) is 1.31. The summed E-state index contributed by atoms with van der Waals surface area (Å²) in [6.07, 6.45) is 0. The number of nitrogens with zero attached hydrogens (tertiary/aromatic N) is 5. The van der Waals surface area contributed by atoms with Crippen molar-refractivity contribution in [1.82, 2.24) is 19.2 Å². The van der Waals surface area contributed by atoms with E-state index < -0.39 is 0 Å². The third kappa shape index (κ3) is 2.47. The first-order valence-corrected chi connectivity index (χ1v) is 8.59. The number of rotatable bonds is 3. The Labute approximate surface area is 147 Å². The first-order valence-electron chi connectivity index (χ1n) is 7.71. The van der Waals surface area contributed by atoms with Gasteiger partial charge in [-0.05, 0) is 31.2 Å². The maximum absolute atomic E-state index is 13.1. The molecule has 4 rings (SSSR count). The van der Waals surface area contributed by atoms with Gasteiger partial charge in [-0.3, -0.25) is 9.20 Å². The highest BCUT2D eigenvalue weighted by Gasteiger charge is 2.18. The van der Waals surface area contributed by atoms with Crippen LogP contribution in [0.3, 0.4) is 0 Å². The fraction of sp³-hybridized carbons (Fsp3) is 0.111. The number of aromatic nitrogens is 4. The lowest BCUT2D eigenvalue weighted by Crippen LogP contribution is -2.21. The quantitative estimate of drug-likeness (QED) is 0.533. The molecule has 122 valence electrons. The van der Waals surface area contributed by atoms with Crippen LogP contribution in [0.15, 0.2) is 64.5 Å². The monoisotopic (exact) mass is 347 g/mol. The zero-order valence-electron chi connectivity index (χ0n) is 13.3. The summed E-state index contributed by atoms with van der Waals surface area (Å²) in [4.78, 5) is 13.1. The summed E-state index contributed by atoms with van der Waals surface area (Å²) in [6.45, 7) is 1.81. The van der Waals surface area contributed by atoms with E-state index in [4.69, 9.17) is 5.26 Å². The lowest BCUT2D eigenvalue weighted by Gasteiger charge is -2.11. The first-order chi connectivity index (χ1) is 12.2. The van der Waals surface area contributed by atoms with Gasteiger partial charge < -0.3 is 0 Å². The van der Waals surface area contributed by atoms with Gasteiger partial charge in [0.15, 0.2) is 5.16 Å². The van der Waals surface area contributed by atoms with Gasteiger partial charge in [-0.1, -0.05) is 42.1 Å². The first kappa shape index (κ1) is 15.4. The van der Waals surface area contributed by atoms with Crippen LogP contribution in [0, 0.1) is 11.3 Å². The molecule has 1 atom stereocenters. The van der Waals surface area contributed by atoms with Crippen molar-refractivity contribution in [2.75, 3.05) is 0 Å². The molecule has 2 aromatic heterocycles. The van der Waals surface area contributed by atoms with E-state index >= 15 is 0 Å². The van der Waals surface area contributed by atoms with Crippen LogP contribution in [0.5, 0.6) is 0 Å². The maximum atomic E-state index is 13.1. The van der Waals surface area contributed by atoms with Gasteiger partial charge in [0.1, 0.15) is 0 Å².